The van der Waals surface area contributed by atoms with E-state index >= 15 is 0 Å². The summed E-state index contributed by atoms with van der Waals surface area (Å²) in [7, 11) is 0. The van der Waals surface area contributed by atoms with Crippen molar-refractivity contribution in [1.29, 1.82) is 0 Å². The van der Waals surface area contributed by atoms with Gasteiger partial charge in [0.25, 0.3) is 5.91 Å². The van der Waals surface area contributed by atoms with Crippen LogP contribution in [0.1, 0.15) is 15.9 Å². The highest BCUT2D eigenvalue weighted by molar-refractivity contribution is 5.94. The van der Waals surface area contributed by atoms with Gasteiger partial charge in [0.15, 0.2) is 0 Å². The van der Waals surface area contributed by atoms with Crippen molar-refractivity contribution in [3.63, 3.8) is 0 Å². The highest BCUT2D eigenvalue weighted by Gasteiger charge is 2.30. The summed E-state index contributed by atoms with van der Waals surface area (Å²) >= 11 is 0. The van der Waals surface area contributed by atoms with Gasteiger partial charge in [0.1, 0.15) is 0 Å². The van der Waals surface area contributed by atoms with Crippen LogP contribution in [0.5, 0.6) is 0 Å². The van der Waals surface area contributed by atoms with Gasteiger partial charge < -0.3 is 15.4 Å². The second-order valence-corrected chi connectivity index (χ2v) is 4.49. The average Bonchev–Trinajstić information content (AvgIpc) is 2.45. The summed E-state index contributed by atoms with van der Waals surface area (Å²) in [4.78, 5) is 11.8. The molecule has 20 heavy (non-hydrogen) atoms. The Kier molecular flexibility index (Phi) is 4.61. The summed E-state index contributed by atoms with van der Waals surface area (Å²) in [5, 5.41) is 5.68. The molecule has 1 saturated heterocycles. The molecule has 7 heteroatoms. The second-order valence-electron chi connectivity index (χ2n) is 4.49. The second kappa shape index (κ2) is 6.23. The largest absolute Gasteiger partial charge is 0.416 e. The number of hydrogen-bond acceptors (Lipinski definition) is 3. The number of halogens is 3. The fourth-order valence-electron chi connectivity index (χ4n) is 1.90. The number of morpholine rings is 1. The fourth-order valence-corrected chi connectivity index (χ4v) is 1.90. The van der Waals surface area contributed by atoms with E-state index in [4.69, 9.17) is 4.74 Å². The van der Waals surface area contributed by atoms with Gasteiger partial charge in [-0.3, -0.25) is 4.79 Å². The molecular formula is C13H15F3N2O2. The van der Waals surface area contributed by atoms with Crippen LogP contribution in [0, 0.1) is 0 Å². The lowest BCUT2D eigenvalue weighted by molar-refractivity contribution is -0.137. The third kappa shape index (κ3) is 3.94. The molecule has 110 valence electrons. The summed E-state index contributed by atoms with van der Waals surface area (Å²) in [6.07, 6.45) is -4.61. The molecule has 1 aromatic rings. The summed E-state index contributed by atoms with van der Waals surface area (Å²) in [5.74, 6) is -0.537. The van der Waals surface area contributed by atoms with Gasteiger partial charge in [-0.2, -0.15) is 13.2 Å². The van der Waals surface area contributed by atoms with E-state index in [9.17, 15) is 18.0 Å². The van der Waals surface area contributed by atoms with Crippen LogP contribution in [-0.2, 0) is 10.9 Å². The van der Waals surface area contributed by atoms with E-state index in [1.807, 2.05) is 0 Å². The number of benzene rings is 1. The molecule has 1 aliphatic rings. The van der Waals surface area contributed by atoms with Gasteiger partial charge in [-0.05, 0) is 18.2 Å². The lowest BCUT2D eigenvalue weighted by Crippen LogP contribution is -2.45. The first kappa shape index (κ1) is 14.8. The number of alkyl halides is 3. The van der Waals surface area contributed by atoms with Crippen molar-refractivity contribution in [3.05, 3.63) is 35.4 Å². The lowest BCUT2D eigenvalue weighted by Gasteiger charge is -2.23. The Morgan fingerprint density at radius 3 is 2.90 bits per heavy atom. The van der Waals surface area contributed by atoms with Crippen LogP contribution in [0.2, 0.25) is 0 Å². The molecule has 2 rings (SSSR count). The Bertz CT molecular complexity index is 471. The fraction of sp³-hybridized carbons (Fsp3) is 0.462. The minimum absolute atomic E-state index is 0.0106. The van der Waals surface area contributed by atoms with Gasteiger partial charge in [0.2, 0.25) is 0 Å². The highest BCUT2D eigenvalue weighted by atomic mass is 19.4. The summed E-state index contributed by atoms with van der Waals surface area (Å²) < 4.78 is 43.0. The van der Waals surface area contributed by atoms with Crippen LogP contribution in [0.3, 0.4) is 0 Å². The van der Waals surface area contributed by atoms with Crippen LogP contribution in [0.25, 0.3) is 0 Å². The van der Waals surface area contributed by atoms with Crippen LogP contribution in [-0.4, -0.2) is 38.3 Å². The molecule has 0 aromatic heterocycles. The van der Waals surface area contributed by atoms with Crippen LogP contribution < -0.4 is 10.6 Å². The summed E-state index contributed by atoms with van der Waals surface area (Å²) in [6, 6.07) is 4.35. The number of carbonyl (C=O) groups is 1. The Morgan fingerprint density at radius 2 is 2.25 bits per heavy atom. The standard InChI is InChI=1S/C13H15F3N2O2/c14-13(15,16)10-3-1-2-9(6-10)12(19)18-8-11-7-17-4-5-20-11/h1-3,6,11,17H,4-5,7-8H2,(H,18,19). The molecule has 0 saturated carbocycles. The summed E-state index contributed by atoms with van der Waals surface area (Å²) in [5.41, 5.74) is -0.843. The third-order valence-corrected chi connectivity index (χ3v) is 2.95. The normalized spacial score (nSPS) is 19.6. The Morgan fingerprint density at radius 1 is 1.45 bits per heavy atom. The van der Waals surface area contributed by atoms with Gasteiger partial charge in [0, 0.05) is 25.2 Å². The molecule has 1 unspecified atom stereocenters. The van der Waals surface area contributed by atoms with Gasteiger partial charge in [-0.15, -0.1) is 0 Å². The number of ether oxygens (including phenoxy) is 1. The number of amides is 1. The number of hydrogen-bond donors (Lipinski definition) is 2. The first-order valence-electron chi connectivity index (χ1n) is 6.24. The molecular weight excluding hydrogens is 273 g/mol. The lowest BCUT2D eigenvalue weighted by atomic mass is 10.1. The Balaban J connectivity index is 1.95. The van der Waals surface area contributed by atoms with E-state index < -0.39 is 17.6 Å². The third-order valence-electron chi connectivity index (χ3n) is 2.95. The zero-order chi connectivity index (χ0) is 14.6. The van der Waals surface area contributed by atoms with E-state index in [1.54, 1.807) is 0 Å². The molecule has 0 spiro atoms. The van der Waals surface area contributed by atoms with Gasteiger partial charge in [-0.1, -0.05) is 6.07 Å². The van der Waals surface area contributed by atoms with Crippen LogP contribution in [0.4, 0.5) is 13.2 Å². The predicted molar refractivity (Wildman–Crippen MR) is 66.4 cm³/mol. The number of rotatable bonds is 3. The summed E-state index contributed by atoms with van der Waals surface area (Å²) in [6.45, 7) is 2.20. The molecule has 0 aliphatic carbocycles. The zero-order valence-corrected chi connectivity index (χ0v) is 10.7. The van der Waals surface area contributed by atoms with Gasteiger partial charge in [-0.25, -0.2) is 0 Å². The van der Waals surface area contributed by atoms with Gasteiger partial charge >= 0.3 is 6.18 Å². The first-order valence-corrected chi connectivity index (χ1v) is 6.24. The maximum absolute atomic E-state index is 12.5. The molecule has 1 aromatic carbocycles. The van der Waals surface area contributed by atoms with Crippen molar-refractivity contribution in [3.8, 4) is 0 Å². The molecule has 0 radical (unpaired) electrons. The molecule has 1 fully saturated rings. The Labute approximate surface area is 114 Å². The van der Waals surface area contributed by atoms with Gasteiger partial charge in [0.05, 0.1) is 18.3 Å². The number of carbonyl (C=O) groups excluding carboxylic acids is 1. The van der Waals surface area contributed by atoms with Crippen molar-refractivity contribution >= 4 is 5.91 Å². The molecule has 1 atom stereocenters. The van der Waals surface area contributed by atoms with Crippen molar-refractivity contribution in [2.24, 2.45) is 0 Å². The quantitative estimate of drug-likeness (QED) is 0.884. The van der Waals surface area contributed by atoms with Crippen molar-refractivity contribution in [2.75, 3.05) is 26.2 Å². The minimum Gasteiger partial charge on any atom is -0.374 e. The first-order chi connectivity index (χ1) is 9.47. The maximum atomic E-state index is 12.5. The molecule has 2 N–H and O–H groups in total. The zero-order valence-electron chi connectivity index (χ0n) is 10.7. The monoisotopic (exact) mass is 288 g/mol. The van der Waals surface area contributed by atoms with E-state index in [-0.39, 0.29) is 18.2 Å². The topological polar surface area (TPSA) is 50.4 Å². The van der Waals surface area contributed by atoms with Crippen LogP contribution >= 0.6 is 0 Å². The molecule has 1 heterocycles. The van der Waals surface area contributed by atoms with E-state index in [2.05, 4.69) is 10.6 Å². The molecule has 1 aliphatic heterocycles. The SMILES string of the molecule is O=C(NCC1CNCCO1)c1cccc(C(F)(F)F)c1. The number of nitrogens with one attached hydrogen (secondary N) is 2. The molecule has 1 amide bonds. The average molecular weight is 288 g/mol. The highest BCUT2D eigenvalue weighted by Crippen LogP contribution is 2.29. The molecule has 0 bridgehead atoms. The smallest absolute Gasteiger partial charge is 0.374 e. The van der Waals surface area contributed by atoms with E-state index in [0.29, 0.717) is 13.2 Å². The Hall–Kier alpha value is -1.60. The molecule has 4 nitrogen and oxygen atoms in total. The van der Waals surface area contributed by atoms with Crippen molar-refractivity contribution in [1.82, 2.24) is 10.6 Å². The van der Waals surface area contributed by atoms with E-state index in [0.717, 1.165) is 18.7 Å². The van der Waals surface area contributed by atoms with Crippen molar-refractivity contribution < 1.29 is 22.7 Å². The predicted octanol–water partition coefficient (Wildman–Crippen LogP) is 1.42. The van der Waals surface area contributed by atoms with Crippen molar-refractivity contribution in [2.45, 2.75) is 12.3 Å². The van der Waals surface area contributed by atoms with E-state index in [1.165, 1.54) is 12.1 Å². The maximum Gasteiger partial charge on any atom is 0.416 e. The van der Waals surface area contributed by atoms with Crippen LogP contribution in [0.15, 0.2) is 24.3 Å². The minimum atomic E-state index is -4.45.